The molecule has 1 saturated heterocycles. The lowest BCUT2D eigenvalue weighted by atomic mass is 9.77. The Hall–Kier alpha value is 0.130. The molecule has 6 unspecified atom stereocenters. The minimum Gasteiger partial charge on any atom is -1.00 e. The van der Waals surface area contributed by atoms with Gasteiger partial charge in [0, 0.05) is 13.0 Å². The fourth-order valence-electron chi connectivity index (χ4n) is 5.42. The zero-order valence-electron chi connectivity index (χ0n) is 23.2. The Labute approximate surface area is 213 Å². The molecule has 1 rings (SSSR count). The van der Waals surface area contributed by atoms with Gasteiger partial charge in [-0.3, -0.25) is 0 Å². The Morgan fingerprint density at radius 2 is 1.36 bits per heavy atom. The zero-order chi connectivity index (χ0) is 24.0. The molecular weight excluding hydrogens is 434 g/mol. The number of halogens is 1. The van der Waals surface area contributed by atoms with Gasteiger partial charge >= 0.3 is 0 Å². The van der Waals surface area contributed by atoms with Crippen molar-refractivity contribution >= 4 is 0 Å². The maximum absolute atomic E-state index is 10.7. The van der Waals surface area contributed by atoms with Crippen LogP contribution in [0.4, 0.5) is 0 Å². The summed E-state index contributed by atoms with van der Waals surface area (Å²) in [5.74, 6) is 1.57. The Balaban J connectivity index is 0.0000102. The van der Waals surface area contributed by atoms with Gasteiger partial charge in [-0.2, -0.15) is 0 Å². The normalized spacial score (nSPS) is 26.7. The molecule has 6 atom stereocenters. The maximum atomic E-state index is 10.7. The summed E-state index contributed by atoms with van der Waals surface area (Å²) in [6.07, 6.45) is 16.6. The molecule has 0 amide bonds. The largest absolute Gasteiger partial charge is 1.00 e. The molecule has 0 bridgehead atoms. The van der Waals surface area contributed by atoms with Gasteiger partial charge in [-0.05, 0) is 43.9 Å². The van der Waals surface area contributed by atoms with Crippen LogP contribution < -0.4 is 12.4 Å². The van der Waals surface area contributed by atoms with Crippen LogP contribution in [0.5, 0.6) is 0 Å². The van der Waals surface area contributed by atoms with Crippen LogP contribution in [0.3, 0.4) is 0 Å². The summed E-state index contributed by atoms with van der Waals surface area (Å²) in [5.41, 5.74) is 0. The molecule has 33 heavy (non-hydrogen) atoms. The average molecular weight is 492 g/mol. The van der Waals surface area contributed by atoms with E-state index in [2.05, 4.69) is 41.8 Å². The van der Waals surface area contributed by atoms with Gasteiger partial charge in [-0.1, -0.05) is 79.1 Å². The number of nitrogens with zero attached hydrogens (tertiary/aromatic N) is 1. The summed E-state index contributed by atoms with van der Waals surface area (Å²) < 4.78 is 12.7. The van der Waals surface area contributed by atoms with Crippen molar-refractivity contribution < 1.29 is 31.5 Å². The number of aliphatic hydroxyl groups excluding tert-OH is 1. The molecule has 4 nitrogen and oxygen atoms in total. The highest BCUT2D eigenvalue weighted by Gasteiger charge is 2.38. The van der Waals surface area contributed by atoms with Crippen molar-refractivity contribution in [2.24, 2.45) is 17.8 Å². The van der Waals surface area contributed by atoms with E-state index in [0.717, 1.165) is 30.3 Å². The third-order valence-electron chi connectivity index (χ3n) is 8.06. The predicted molar refractivity (Wildman–Crippen MR) is 137 cm³/mol. The fraction of sp³-hybridized carbons (Fsp3) is 1.00. The molecule has 5 heteroatoms. The second-order valence-corrected chi connectivity index (χ2v) is 11.5. The first-order valence-electron chi connectivity index (χ1n) is 13.9. The van der Waals surface area contributed by atoms with Crippen LogP contribution in [-0.4, -0.2) is 62.4 Å². The highest BCUT2D eigenvalue weighted by molar-refractivity contribution is 4.82. The van der Waals surface area contributed by atoms with Gasteiger partial charge in [0.15, 0.2) is 6.29 Å². The molecule has 1 heterocycles. The Bertz CT molecular complexity index is 460. The van der Waals surface area contributed by atoms with Gasteiger partial charge in [0.2, 0.25) is 0 Å². The van der Waals surface area contributed by atoms with Crippen molar-refractivity contribution in [1.29, 1.82) is 0 Å². The monoisotopic (exact) mass is 491 g/mol. The quantitative estimate of drug-likeness (QED) is 0.234. The summed E-state index contributed by atoms with van der Waals surface area (Å²) in [6, 6.07) is 0. The van der Waals surface area contributed by atoms with E-state index in [0.29, 0.717) is 17.8 Å². The molecule has 0 saturated carbocycles. The Kier molecular flexibility index (Phi) is 18.5. The summed E-state index contributed by atoms with van der Waals surface area (Å²) >= 11 is 0. The third-order valence-corrected chi connectivity index (χ3v) is 8.06. The van der Waals surface area contributed by atoms with Crippen molar-refractivity contribution in [2.75, 3.05) is 34.3 Å². The van der Waals surface area contributed by atoms with Crippen LogP contribution in [0, 0.1) is 17.8 Å². The number of quaternary nitrogens is 1. The van der Waals surface area contributed by atoms with Gasteiger partial charge in [0.05, 0.1) is 26.7 Å². The second kappa shape index (κ2) is 18.4. The number of rotatable bonds is 18. The number of methoxy groups -OCH3 is 1. The molecule has 200 valence electrons. The minimum atomic E-state index is -0.221. The predicted octanol–water partition coefficient (Wildman–Crippen LogP) is 3.80. The van der Waals surface area contributed by atoms with E-state index in [1.807, 2.05) is 0 Å². The second-order valence-electron chi connectivity index (χ2n) is 11.5. The summed E-state index contributed by atoms with van der Waals surface area (Å²) in [6.45, 7) is 11.2. The van der Waals surface area contributed by atoms with Gasteiger partial charge in [0.1, 0.15) is 12.6 Å². The number of likely N-dealkylation sites (N-methyl/N-ethyl adjacent to an activating group) is 1. The van der Waals surface area contributed by atoms with Crippen LogP contribution in [0.1, 0.15) is 111 Å². The summed E-state index contributed by atoms with van der Waals surface area (Å²) in [7, 11) is 6.30. The first kappa shape index (κ1) is 33.1. The lowest BCUT2D eigenvalue weighted by Gasteiger charge is -2.43. The Morgan fingerprint density at radius 1 is 0.818 bits per heavy atom. The van der Waals surface area contributed by atoms with E-state index >= 15 is 0 Å². The number of ether oxygens (including phenoxy) is 2. The van der Waals surface area contributed by atoms with Gasteiger partial charge in [-0.25, -0.2) is 0 Å². The first-order valence-corrected chi connectivity index (χ1v) is 13.9. The van der Waals surface area contributed by atoms with Crippen molar-refractivity contribution in [1.82, 2.24) is 0 Å². The van der Waals surface area contributed by atoms with E-state index in [1.165, 1.54) is 70.8 Å². The van der Waals surface area contributed by atoms with E-state index in [9.17, 15) is 5.11 Å². The van der Waals surface area contributed by atoms with Gasteiger partial charge in [0.25, 0.3) is 0 Å². The highest BCUT2D eigenvalue weighted by Crippen LogP contribution is 2.37. The Morgan fingerprint density at radius 3 is 1.91 bits per heavy atom. The topological polar surface area (TPSA) is 38.7 Å². The molecule has 0 aromatic carbocycles. The number of hydrogen-bond acceptors (Lipinski definition) is 3. The third kappa shape index (κ3) is 13.7. The van der Waals surface area contributed by atoms with Crippen molar-refractivity contribution in [2.45, 2.75) is 130 Å². The lowest BCUT2D eigenvalue weighted by molar-refractivity contribution is -0.893. The van der Waals surface area contributed by atoms with Crippen LogP contribution in [0.2, 0.25) is 0 Å². The molecule has 0 aliphatic carbocycles. The van der Waals surface area contributed by atoms with Crippen molar-refractivity contribution in [3.05, 3.63) is 0 Å². The minimum absolute atomic E-state index is 0. The van der Waals surface area contributed by atoms with E-state index in [-0.39, 0.29) is 30.9 Å². The number of aliphatic hydroxyl groups is 1. The fourth-order valence-corrected chi connectivity index (χ4v) is 5.42. The van der Waals surface area contributed by atoms with E-state index in [4.69, 9.17) is 9.47 Å². The van der Waals surface area contributed by atoms with Crippen LogP contribution in [-0.2, 0) is 9.47 Å². The lowest BCUT2D eigenvalue weighted by Crippen LogP contribution is -3.00. The average Bonchev–Trinajstić information content (AvgIpc) is 2.74. The van der Waals surface area contributed by atoms with Crippen LogP contribution in [0.25, 0.3) is 0 Å². The molecule has 1 aliphatic rings. The standard InChI is InChI=1S/C28H58NO3.ClH/c1-8-9-10-11-12-13-14-15-16-17-21-29(5,6)22-26(30)19-18-20-27-24(3)23(2)25(4)28(31-7)32-27;/h23-28,30H,8-22H2,1-7H3;1H/q+1;/p-1. The molecule has 1 N–H and O–H groups in total. The van der Waals surface area contributed by atoms with Crippen molar-refractivity contribution in [3.8, 4) is 0 Å². The van der Waals surface area contributed by atoms with Crippen molar-refractivity contribution in [3.63, 3.8) is 0 Å². The summed E-state index contributed by atoms with van der Waals surface area (Å²) in [5, 5.41) is 10.7. The van der Waals surface area contributed by atoms with Crippen LogP contribution >= 0.6 is 0 Å². The summed E-state index contributed by atoms with van der Waals surface area (Å²) in [4.78, 5) is 0. The SMILES string of the molecule is CCCCCCCCCCCC[N+](C)(C)CC(O)CCCC1OC(OC)C(C)C(C)C1C.[Cl-]. The number of unbranched alkanes of at least 4 members (excludes halogenated alkanes) is 9. The maximum Gasteiger partial charge on any atom is 0.160 e. The molecule has 0 aromatic rings. The molecule has 1 aliphatic heterocycles. The molecule has 0 aromatic heterocycles. The molecule has 1 fully saturated rings. The molecule has 0 spiro atoms. The van der Waals surface area contributed by atoms with E-state index in [1.54, 1.807) is 7.11 Å². The molecular formula is C28H58ClNO3. The first-order chi connectivity index (χ1) is 15.2. The zero-order valence-corrected chi connectivity index (χ0v) is 23.9. The van der Waals surface area contributed by atoms with Gasteiger partial charge < -0.3 is 31.5 Å². The smallest absolute Gasteiger partial charge is 0.160 e. The van der Waals surface area contributed by atoms with Crippen LogP contribution in [0.15, 0.2) is 0 Å². The highest BCUT2D eigenvalue weighted by atomic mass is 35.5. The molecule has 0 radical (unpaired) electrons. The number of hydrogen-bond donors (Lipinski definition) is 1. The van der Waals surface area contributed by atoms with Gasteiger partial charge in [-0.15, -0.1) is 0 Å². The van der Waals surface area contributed by atoms with E-state index < -0.39 is 0 Å².